The van der Waals surface area contributed by atoms with Crippen molar-refractivity contribution < 1.29 is 4.74 Å². The first-order valence-electron chi connectivity index (χ1n) is 13.9. The number of fused-ring (bicyclic) bond motifs is 1. The van der Waals surface area contributed by atoms with E-state index in [2.05, 4.69) is 56.9 Å². The van der Waals surface area contributed by atoms with Crippen LogP contribution in [0, 0.1) is 11.8 Å². The maximum atomic E-state index is 13.4. The van der Waals surface area contributed by atoms with Gasteiger partial charge in [-0.2, -0.15) is 0 Å². The Kier molecular flexibility index (Phi) is 8.84. The van der Waals surface area contributed by atoms with Crippen LogP contribution in [0.15, 0.2) is 53.3 Å². The van der Waals surface area contributed by atoms with Gasteiger partial charge in [-0.3, -0.25) is 14.3 Å². The molecule has 1 aromatic heterocycles. The van der Waals surface area contributed by atoms with Gasteiger partial charge in [0, 0.05) is 26.2 Å². The molecule has 5 heteroatoms. The Labute approximate surface area is 216 Å². The van der Waals surface area contributed by atoms with Crippen LogP contribution in [0.4, 0.5) is 0 Å². The highest BCUT2D eigenvalue weighted by atomic mass is 16.5. The number of piperidine rings is 1. The average Bonchev–Trinajstić information content (AvgIpc) is 2.87. The van der Waals surface area contributed by atoms with Gasteiger partial charge in [-0.05, 0) is 55.2 Å². The predicted octanol–water partition coefficient (Wildman–Crippen LogP) is 7.06. The third kappa shape index (κ3) is 6.00. The molecule has 194 valence electrons. The molecule has 1 saturated heterocycles. The lowest BCUT2D eigenvalue weighted by atomic mass is 9.90. The summed E-state index contributed by atoms with van der Waals surface area (Å²) < 4.78 is 8.29. The highest BCUT2D eigenvalue weighted by molar-refractivity contribution is 5.79. The monoisotopic (exact) mass is 489 g/mol. The van der Waals surface area contributed by atoms with Gasteiger partial charge in [0.2, 0.25) is 0 Å². The summed E-state index contributed by atoms with van der Waals surface area (Å²) >= 11 is 0. The minimum Gasteiger partial charge on any atom is -0.486 e. The van der Waals surface area contributed by atoms with Crippen LogP contribution < -0.4 is 10.3 Å². The van der Waals surface area contributed by atoms with Crippen molar-refractivity contribution in [2.45, 2.75) is 78.4 Å². The predicted molar refractivity (Wildman–Crippen MR) is 148 cm³/mol. The zero-order chi connectivity index (χ0) is 25.7. The number of ether oxygens (including phenoxy) is 1. The van der Waals surface area contributed by atoms with Crippen LogP contribution in [0.1, 0.15) is 89.8 Å². The lowest BCUT2D eigenvalue weighted by molar-refractivity contribution is 0.0841. The summed E-state index contributed by atoms with van der Waals surface area (Å²) in [7, 11) is 1.88. The first kappa shape index (κ1) is 26.4. The lowest BCUT2D eigenvalue weighted by Gasteiger charge is -2.40. The van der Waals surface area contributed by atoms with Crippen molar-refractivity contribution in [3.8, 4) is 5.75 Å². The Morgan fingerprint density at radius 1 is 1.00 bits per heavy atom. The van der Waals surface area contributed by atoms with E-state index in [0.717, 1.165) is 62.3 Å². The van der Waals surface area contributed by atoms with Crippen molar-refractivity contribution in [3.63, 3.8) is 0 Å². The highest BCUT2D eigenvalue weighted by Crippen LogP contribution is 2.33. The summed E-state index contributed by atoms with van der Waals surface area (Å²) in [5.74, 6) is 2.96. The summed E-state index contributed by atoms with van der Waals surface area (Å²) in [6.07, 6.45) is 6.47. The number of benzene rings is 2. The van der Waals surface area contributed by atoms with Gasteiger partial charge in [-0.1, -0.05) is 70.9 Å². The Morgan fingerprint density at radius 2 is 1.72 bits per heavy atom. The minimum atomic E-state index is -0.0150. The van der Waals surface area contributed by atoms with Crippen LogP contribution in [0.25, 0.3) is 10.9 Å². The fraction of sp³-hybridized carbons (Fsp3) is 0.548. The first-order chi connectivity index (χ1) is 17.4. The number of rotatable bonds is 10. The topological polar surface area (TPSA) is 47.4 Å². The van der Waals surface area contributed by atoms with E-state index < -0.39 is 0 Å². The SMILES string of the molecule is CCCC[C@@H](Oc1ccc2c(=O)n(C)c([C@H](CCC)N3C[C@H](C)C[C@H](C)C3)nc2c1)c1ccccc1. The van der Waals surface area contributed by atoms with Crippen molar-refractivity contribution in [3.05, 3.63) is 70.3 Å². The van der Waals surface area contributed by atoms with Gasteiger partial charge in [0.25, 0.3) is 5.56 Å². The fourth-order valence-corrected chi connectivity index (χ4v) is 5.87. The standard InChI is InChI=1S/C31H43N3O2/c1-6-8-15-29(24-13-10-9-11-14-24)36-25-16-17-26-27(19-25)32-30(33(5)31(26)35)28(12-7-2)34-20-22(3)18-23(4)21-34/h9-11,13-14,16-17,19,22-23,28-29H,6-8,12,15,18,20-21H2,1-5H3/t22-,23+,28-,29+/m0/s1. The van der Waals surface area contributed by atoms with E-state index in [4.69, 9.17) is 9.72 Å². The zero-order valence-electron chi connectivity index (χ0n) is 22.7. The summed E-state index contributed by atoms with van der Waals surface area (Å²) in [5, 5.41) is 0.647. The summed E-state index contributed by atoms with van der Waals surface area (Å²) in [6, 6.07) is 16.3. The lowest BCUT2D eigenvalue weighted by Crippen LogP contribution is -2.43. The van der Waals surface area contributed by atoms with Crippen LogP contribution in [0.5, 0.6) is 5.75 Å². The Balaban J connectivity index is 1.70. The second kappa shape index (κ2) is 12.1. The molecule has 0 radical (unpaired) electrons. The van der Waals surface area contributed by atoms with Gasteiger partial charge < -0.3 is 4.74 Å². The van der Waals surface area contributed by atoms with Gasteiger partial charge >= 0.3 is 0 Å². The number of aromatic nitrogens is 2. The van der Waals surface area contributed by atoms with Crippen LogP contribution in [0.3, 0.4) is 0 Å². The molecule has 1 fully saturated rings. The van der Waals surface area contributed by atoms with Crippen molar-refractivity contribution in [2.24, 2.45) is 18.9 Å². The number of likely N-dealkylation sites (tertiary alicyclic amines) is 1. The van der Waals surface area contributed by atoms with Crippen LogP contribution in [-0.4, -0.2) is 27.5 Å². The molecule has 1 aliphatic rings. The van der Waals surface area contributed by atoms with E-state index >= 15 is 0 Å². The van der Waals surface area contributed by atoms with Gasteiger partial charge in [-0.25, -0.2) is 4.98 Å². The molecule has 4 rings (SSSR count). The summed E-state index contributed by atoms with van der Waals surface area (Å²) in [5.41, 5.74) is 1.93. The molecule has 0 aliphatic carbocycles. The smallest absolute Gasteiger partial charge is 0.261 e. The third-order valence-corrected chi connectivity index (χ3v) is 7.55. The molecular weight excluding hydrogens is 446 g/mol. The second-order valence-corrected chi connectivity index (χ2v) is 10.9. The molecule has 0 saturated carbocycles. The Hall–Kier alpha value is -2.66. The van der Waals surface area contributed by atoms with E-state index in [9.17, 15) is 4.79 Å². The maximum absolute atomic E-state index is 13.4. The Bertz CT molecular complexity index is 1180. The van der Waals surface area contributed by atoms with Crippen molar-refractivity contribution in [1.82, 2.24) is 14.5 Å². The number of hydrogen-bond donors (Lipinski definition) is 0. The van der Waals surface area contributed by atoms with Crippen molar-refractivity contribution >= 4 is 10.9 Å². The average molecular weight is 490 g/mol. The largest absolute Gasteiger partial charge is 0.486 e. The van der Waals surface area contributed by atoms with Crippen LogP contribution in [-0.2, 0) is 7.05 Å². The molecule has 1 aliphatic heterocycles. The van der Waals surface area contributed by atoms with Gasteiger partial charge in [0.1, 0.15) is 17.7 Å². The molecule has 2 aromatic carbocycles. The highest BCUT2D eigenvalue weighted by Gasteiger charge is 2.30. The molecule has 36 heavy (non-hydrogen) atoms. The molecule has 0 unspecified atom stereocenters. The normalized spacial score (nSPS) is 20.4. The molecule has 4 atom stereocenters. The molecule has 5 nitrogen and oxygen atoms in total. The van der Waals surface area contributed by atoms with E-state index in [0.29, 0.717) is 17.2 Å². The second-order valence-electron chi connectivity index (χ2n) is 10.9. The zero-order valence-corrected chi connectivity index (χ0v) is 22.7. The van der Waals surface area contributed by atoms with Gasteiger partial charge in [0.05, 0.1) is 16.9 Å². The number of unbranched alkanes of at least 4 members (excludes halogenated alkanes) is 1. The van der Waals surface area contributed by atoms with Crippen LogP contribution in [0.2, 0.25) is 0 Å². The number of nitrogens with zero attached hydrogens (tertiary/aromatic N) is 3. The first-order valence-corrected chi connectivity index (χ1v) is 13.9. The summed E-state index contributed by atoms with van der Waals surface area (Å²) in [6.45, 7) is 11.2. The van der Waals surface area contributed by atoms with E-state index in [1.54, 1.807) is 4.57 Å². The maximum Gasteiger partial charge on any atom is 0.261 e. The van der Waals surface area contributed by atoms with Crippen LogP contribution >= 0.6 is 0 Å². The molecule has 2 heterocycles. The van der Waals surface area contributed by atoms with E-state index in [1.807, 2.05) is 31.3 Å². The molecule has 0 N–H and O–H groups in total. The van der Waals surface area contributed by atoms with Crippen molar-refractivity contribution in [2.75, 3.05) is 13.1 Å². The van der Waals surface area contributed by atoms with E-state index in [-0.39, 0.29) is 17.7 Å². The quantitative estimate of drug-likeness (QED) is 0.306. The third-order valence-electron chi connectivity index (χ3n) is 7.55. The molecule has 0 spiro atoms. The van der Waals surface area contributed by atoms with E-state index in [1.165, 1.54) is 12.0 Å². The fourth-order valence-electron chi connectivity index (χ4n) is 5.87. The molecule has 0 amide bonds. The minimum absolute atomic E-state index is 0.0150. The molecule has 3 aromatic rings. The molecular formula is C31H43N3O2. The van der Waals surface area contributed by atoms with Gasteiger partial charge in [-0.15, -0.1) is 0 Å². The number of hydrogen-bond acceptors (Lipinski definition) is 4. The Morgan fingerprint density at radius 3 is 2.39 bits per heavy atom. The molecule has 0 bridgehead atoms. The summed E-state index contributed by atoms with van der Waals surface area (Å²) in [4.78, 5) is 21.1. The van der Waals surface area contributed by atoms with Gasteiger partial charge in [0.15, 0.2) is 0 Å². The van der Waals surface area contributed by atoms with Crippen molar-refractivity contribution in [1.29, 1.82) is 0 Å².